The quantitative estimate of drug-likeness (QED) is 0.546. The maximum atomic E-state index is 11.4. The maximum absolute atomic E-state index is 11.4. The van der Waals surface area contributed by atoms with Crippen molar-refractivity contribution in [2.24, 2.45) is 4.99 Å². The third-order valence-corrected chi connectivity index (χ3v) is 4.04. The molecule has 4 aromatic rings. The molecule has 1 N–H and O–H groups in total. The minimum absolute atomic E-state index is 0.0991. The summed E-state index contributed by atoms with van der Waals surface area (Å²) in [5.41, 5.74) is 4.61. The fourth-order valence-electron chi connectivity index (χ4n) is 2.83. The smallest absolute Gasteiger partial charge is 0.248 e. The molecule has 0 bridgehead atoms. The third-order valence-electron chi connectivity index (χ3n) is 4.04. The van der Waals surface area contributed by atoms with Crippen molar-refractivity contribution in [2.45, 2.75) is 0 Å². The molecule has 0 aliphatic heterocycles. The number of fused-ring (bicyclic) bond motifs is 1. The van der Waals surface area contributed by atoms with Gasteiger partial charge in [-0.05, 0) is 24.3 Å². The van der Waals surface area contributed by atoms with Crippen LogP contribution in [0.25, 0.3) is 10.9 Å². The van der Waals surface area contributed by atoms with Gasteiger partial charge in [-0.25, -0.2) is 4.99 Å². The lowest BCUT2D eigenvalue weighted by molar-refractivity contribution is 1.30. The number of aromatic amines is 1. The van der Waals surface area contributed by atoms with Crippen LogP contribution in [0.15, 0.2) is 101 Å². The van der Waals surface area contributed by atoms with Crippen molar-refractivity contribution in [3.8, 4) is 0 Å². The molecule has 0 aliphatic rings. The molecule has 0 fully saturated rings. The number of aliphatic imine (C=N–C) groups is 1. The molecule has 3 aromatic carbocycles. The van der Waals surface area contributed by atoms with Gasteiger partial charge in [0.25, 0.3) is 0 Å². The van der Waals surface area contributed by atoms with E-state index in [4.69, 9.17) is 4.99 Å². The fraction of sp³-hybridized carbons (Fsp3) is 0. The molecule has 0 saturated carbocycles. The summed E-state index contributed by atoms with van der Waals surface area (Å²) in [5.74, 6) is 0. The molecule has 0 saturated heterocycles. The zero-order valence-electron chi connectivity index (χ0n) is 13.5. The largest absolute Gasteiger partial charge is 0.322 e. The van der Waals surface area contributed by atoms with Gasteiger partial charge >= 0.3 is 0 Å². The van der Waals surface area contributed by atoms with Crippen molar-refractivity contribution in [1.82, 2.24) is 4.98 Å². The van der Waals surface area contributed by atoms with Gasteiger partial charge in [-0.15, -0.1) is 0 Å². The Morgan fingerprint density at radius 2 is 1.36 bits per heavy atom. The van der Waals surface area contributed by atoms with Crippen LogP contribution in [0.1, 0.15) is 11.1 Å². The van der Waals surface area contributed by atoms with E-state index >= 15 is 0 Å². The van der Waals surface area contributed by atoms with E-state index in [1.807, 2.05) is 60.7 Å². The molecule has 0 aliphatic carbocycles. The number of pyridine rings is 1. The Hall–Kier alpha value is -3.46. The number of H-pyrrole nitrogens is 1. The molecular weight excluding hydrogens is 308 g/mol. The Morgan fingerprint density at radius 1 is 0.720 bits per heavy atom. The van der Waals surface area contributed by atoms with Crippen LogP contribution in [0, 0.1) is 0 Å². The summed E-state index contributed by atoms with van der Waals surface area (Å²) in [6, 6.07) is 29.4. The van der Waals surface area contributed by atoms with Gasteiger partial charge in [0, 0.05) is 28.1 Å². The van der Waals surface area contributed by atoms with Crippen LogP contribution in [0.3, 0.4) is 0 Å². The zero-order chi connectivity index (χ0) is 17.1. The second-order valence-corrected chi connectivity index (χ2v) is 5.79. The number of rotatable bonds is 3. The van der Waals surface area contributed by atoms with Gasteiger partial charge in [0.15, 0.2) is 0 Å². The molecule has 1 heterocycles. The molecule has 0 spiro atoms. The van der Waals surface area contributed by atoms with Gasteiger partial charge in [-0.2, -0.15) is 0 Å². The van der Waals surface area contributed by atoms with E-state index in [1.54, 1.807) is 0 Å². The van der Waals surface area contributed by atoms with Gasteiger partial charge < -0.3 is 4.98 Å². The highest BCUT2D eigenvalue weighted by Crippen LogP contribution is 2.22. The molecule has 0 radical (unpaired) electrons. The monoisotopic (exact) mass is 324 g/mol. The number of aromatic nitrogens is 1. The standard InChI is InChI=1S/C22H16N2O/c25-21-14-11-18-15-19(12-13-20(18)24-21)23-22(16-7-3-1-4-8-16)17-9-5-2-6-10-17/h1-15H,(H,24,25). The van der Waals surface area contributed by atoms with E-state index in [-0.39, 0.29) is 5.56 Å². The van der Waals surface area contributed by atoms with Crippen molar-refractivity contribution < 1.29 is 0 Å². The molecule has 0 atom stereocenters. The summed E-state index contributed by atoms with van der Waals surface area (Å²) in [7, 11) is 0. The van der Waals surface area contributed by atoms with Crippen molar-refractivity contribution in [3.05, 3.63) is 112 Å². The Bertz CT molecular complexity index is 1060. The van der Waals surface area contributed by atoms with Crippen molar-refractivity contribution in [1.29, 1.82) is 0 Å². The number of hydrogen-bond donors (Lipinski definition) is 1. The van der Waals surface area contributed by atoms with Crippen LogP contribution in [0.4, 0.5) is 5.69 Å². The molecule has 1 aromatic heterocycles. The zero-order valence-corrected chi connectivity index (χ0v) is 13.5. The number of benzene rings is 3. The van der Waals surface area contributed by atoms with Gasteiger partial charge in [-0.1, -0.05) is 60.7 Å². The number of nitrogens with one attached hydrogen (secondary N) is 1. The first-order chi connectivity index (χ1) is 12.3. The minimum Gasteiger partial charge on any atom is -0.322 e. The van der Waals surface area contributed by atoms with Gasteiger partial charge in [0.05, 0.1) is 11.4 Å². The van der Waals surface area contributed by atoms with E-state index < -0.39 is 0 Å². The second kappa shape index (κ2) is 6.57. The minimum atomic E-state index is -0.0991. The lowest BCUT2D eigenvalue weighted by Gasteiger charge is -2.08. The first-order valence-electron chi connectivity index (χ1n) is 8.12. The SMILES string of the molecule is O=c1ccc2cc(N=C(c3ccccc3)c3ccccc3)ccc2[nH]1. The Balaban J connectivity index is 1.87. The first-order valence-corrected chi connectivity index (χ1v) is 8.12. The number of hydrogen-bond acceptors (Lipinski definition) is 2. The van der Waals surface area contributed by atoms with E-state index in [2.05, 4.69) is 29.2 Å². The topological polar surface area (TPSA) is 45.2 Å². The maximum Gasteiger partial charge on any atom is 0.248 e. The summed E-state index contributed by atoms with van der Waals surface area (Å²) in [6.07, 6.45) is 0. The van der Waals surface area contributed by atoms with Gasteiger partial charge in [0.1, 0.15) is 0 Å². The first kappa shape index (κ1) is 15.1. The van der Waals surface area contributed by atoms with Crippen LogP contribution in [0.2, 0.25) is 0 Å². The van der Waals surface area contributed by atoms with Crippen molar-refractivity contribution in [3.63, 3.8) is 0 Å². The molecule has 25 heavy (non-hydrogen) atoms. The van der Waals surface area contributed by atoms with Crippen molar-refractivity contribution in [2.75, 3.05) is 0 Å². The second-order valence-electron chi connectivity index (χ2n) is 5.79. The van der Waals surface area contributed by atoms with Crippen LogP contribution >= 0.6 is 0 Å². The summed E-state index contributed by atoms with van der Waals surface area (Å²) in [5, 5.41) is 0.960. The third kappa shape index (κ3) is 3.26. The van der Waals surface area contributed by atoms with Gasteiger partial charge in [0.2, 0.25) is 5.56 Å². The molecule has 3 heteroatoms. The van der Waals surface area contributed by atoms with E-state index in [0.717, 1.165) is 33.4 Å². The van der Waals surface area contributed by atoms with E-state index in [9.17, 15) is 4.79 Å². The lowest BCUT2D eigenvalue weighted by atomic mass is 10.0. The van der Waals surface area contributed by atoms with E-state index in [1.165, 1.54) is 6.07 Å². The van der Waals surface area contributed by atoms with Crippen LogP contribution in [-0.2, 0) is 0 Å². The average molecular weight is 324 g/mol. The molecule has 0 unspecified atom stereocenters. The molecule has 0 amide bonds. The molecule has 120 valence electrons. The fourth-order valence-corrected chi connectivity index (χ4v) is 2.83. The Kier molecular flexibility index (Phi) is 3.97. The summed E-state index contributed by atoms with van der Waals surface area (Å²) < 4.78 is 0. The number of nitrogens with zero attached hydrogens (tertiary/aromatic N) is 1. The van der Waals surface area contributed by atoms with Crippen LogP contribution in [0.5, 0.6) is 0 Å². The average Bonchev–Trinajstić information content (AvgIpc) is 2.67. The normalized spacial score (nSPS) is 10.6. The molecule has 4 rings (SSSR count). The Morgan fingerprint density at radius 3 is 2.00 bits per heavy atom. The van der Waals surface area contributed by atoms with E-state index in [0.29, 0.717) is 0 Å². The van der Waals surface area contributed by atoms with Crippen molar-refractivity contribution >= 4 is 22.3 Å². The summed E-state index contributed by atoms with van der Waals surface area (Å²) in [6.45, 7) is 0. The highest BCUT2D eigenvalue weighted by molar-refractivity contribution is 6.14. The summed E-state index contributed by atoms with van der Waals surface area (Å²) in [4.78, 5) is 19.2. The molecular formula is C22H16N2O. The van der Waals surface area contributed by atoms with Crippen LogP contribution in [-0.4, -0.2) is 10.7 Å². The predicted molar refractivity (Wildman–Crippen MR) is 103 cm³/mol. The molecule has 3 nitrogen and oxygen atoms in total. The highest BCUT2D eigenvalue weighted by Gasteiger charge is 2.07. The summed E-state index contributed by atoms with van der Waals surface area (Å²) >= 11 is 0. The Labute approximate surface area is 145 Å². The van der Waals surface area contributed by atoms with Gasteiger partial charge in [-0.3, -0.25) is 4.79 Å². The predicted octanol–water partition coefficient (Wildman–Crippen LogP) is 4.70. The lowest BCUT2D eigenvalue weighted by Crippen LogP contribution is -2.03. The van der Waals surface area contributed by atoms with Crippen LogP contribution < -0.4 is 5.56 Å². The highest BCUT2D eigenvalue weighted by atomic mass is 16.1.